The minimum atomic E-state index is -0.670. The van der Waals surface area contributed by atoms with Crippen molar-refractivity contribution >= 4 is 40.6 Å². The van der Waals surface area contributed by atoms with Gasteiger partial charge in [0.1, 0.15) is 5.75 Å². The number of para-hydroxylation sites is 1. The first-order chi connectivity index (χ1) is 15.4. The molecule has 0 aliphatic carbocycles. The van der Waals surface area contributed by atoms with Crippen molar-refractivity contribution in [1.29, 1.82) is 0 Å². The monoisotopic (exact) mass is 450 g/mol. The molecule has 0 N–H and O–H groups in total. The summed E-state index contributed by atoms with van der Waals surface area (Å²) in [6.07, 6.45) is 2.85. The molecule has 32 heavy (non-hydrogen) atoms. The number of hydrogen-bond acceptors (Lipinski definition) is 8. The Hall–Kier alpha value is -4.18. The molecule has 0 unspecified atom stereocenters. The lowest BCUT2D eigenvalue weighted by molar-refractivity contribution is -0.385. The van der Waals surface area contributed by atoms with Gasteiger partial charge in [0.25, 0.3) is 16.8 Å². The number of amides is 2. The van der Waals surface area contributed by atoms with Gasteiger partial charge < -0.3 is 9.15 Å². The molecule has 1 aliphatic heterocycles. The highest BCUT2D eigenvalue weighted by molar-refractivity contribution is 8.18. The summed E-state index contributed by atoms with van der Waals surface area (Å²) in [5.74, 6) is -0.945. The molecule has 1 fully saturated rings. The Morgan fingerprint density at radius 2 is 1.94 bits per heavy atom. The average Bonchev–Trinajstić information content (AvgIpc) is 3.39. The summed E-state index contributed by atoms with van der Waals surface area (Å²) >= 11 is 0.734. The molecule has 0 bridgehead atoms. The number of ether oxygens (including phenoxy) is 1. The van der Waals surface area contributed by atoms with E-state index >= 15 is 0 Å². The van der Waals surface area contributed by atoms with Crippen molar-refractivity contribution in [3.8, 4) is 5.75 Å². The first-order valence-electron chi connectivity index (χ1n) is 9.26. The zero-order valence-corrected chi connectivity index (χ0v) is 17.1. The normalized spacial score (nSPS) is 14.8. The van der Waals surface area contributed by atoms with E-state index in [4.69, 9.17) is 9.15 Å². The number of furan rings is 1. The van der Waals surface area contributed by atoms with Crippen LogP contribution in [0.15, 0.2) is 76.2 Å². The van der Waals surface area contributed by atoms with Gasteiger partial charge in [0.05, 0.1) is 22.6 Å². The molecule has 160 valence electrons. The minimum Gasteiger partial charge on any atom is -0.457 e. The highest BCUT2D eigenvalue weighted by Gasteiger charge is 2.36. The number of imide groups is 1. The highest BCUT2D eigenvalue weighted by atomic mass is 32.2. The van der Waals surface area contributed by atoms with Crippen LogP contribution >= 0.6 is 11.8 Å². The van der Waals surface area contributed by atoms with Gasteiger partial charge in [-0.3, -0.25) is 24.6 Å². The fraction of sp³-hybridized carbons (Fsp3) is 0.0455. The van der Waals surface area contributed by atoms with Crippen LogP contribution in [0.5, 0.6) is 5.75 Å². The molecule has 1 aliphatic rings. The molecule has 2 heterocycles. The number of nitrogens with zero attached hydrogens (tertiary/aromatic N) is 2. The summed E-state index contributed by atoms with van der Waals surface area (Å²) in [5, 5.41) is 10.7. The van der Waals surface area contributed by atoms with Crippen molar-refractivity contribution in [2.45, 2.75) is 6.54 Å². The second-order valence-electron chi connectivity index (χ2n) is 6.59. The zero-order valence-electron chi connectivity index (χ0n) is 16.3. The molecule has 1 aromatic heterocycles. The van der Waals surface area contributed by atoms with Crippen LogP contribution in [0.2, 0.25) is 0 Å². The van der Waals surface area contributed by atoms with Crippen LogP contribution in [0.4, 0.5) is 10.5 Å². The third-order valence-corrected chi connectivity index (χ3v) is 5.39. The fourth-order valence-corrected chi connectivity index (χ4v) is 3.84. The molecule has 10 heteroatoms. The number of thioether (sulfide) groups is 1. The smallest absolute Gasteiger partial charge is 0.379 e. The SMILES string of the molecule is O=C(Oc1cccc(/C=C2\SC(=O)N(Cc3ccccc3[N+](=O)[O-])C2=O)c1)c1ccco1. The summed E-state index contributed by atoms with van der Waals surface area (Å²) in [6, 6.07) is 15.4. The minimum absolute atomic E-state index is 0.0477. The highest BCUT2D eigenvalue weighted by Crippen LogP contribution is 2.34. The first-order valence-corrected chi connectivity index (χ1v) is 10.1. The van der Waals surface area contributed by atoms with E-state index < -0.39 is 22.0 Å². The molecule has 3 aromatic rings. The van der Waals surface area contributed by atoms with Gasteiger partial charge >= 0.3 is 5.97 Å². The van der Waals surface area contributed by atoms with Crippen molar-refractivity contribution < 1.29 is 28.5 Å². The molecule has 0 atom stereocenters. The van der Waals surface area contributed by atoms with Crippen LogP contribution in [0, 0.1) is 10.1 Å². The van der Waals surface area contributed by atoms with Gasteiger partial charge in [0.2, 0.25) is 5.76 Å². The van der Waals surface area contributed by atoms with E-state index in [0.717, 1.165) is 16.7 Å². The van der Waals surface area contributed by atoms with Crippen molar-refractivity contribution in [3.63, 3.8) is 0 Å². The van der Waals surface area contributed by atoms with Crippen LogP contribution < -0.4 is 4.74 Å². The van der Waals surface area contributed by atoms with Crippen molar-refractivity contribution in [1.82, 2.24) is 4.90 Å². The second-order valence-corrected chi connectivity index (χ2v) is 7.59. The Morgan fingerprint density at radius 3 is 2.69 bits per heavy atom. The summed E-state index contributed by atoms with van der Waals surface area (Å²) in [5.41, 5.74) is 0.625. The molecule has 9 nitrogen and oxygen atoms in total. The lowest BCUT2D eigenvalue weighted by Crippen LogP contribution is -2.27. The Balaban J connectivity index is 1.52. The fourth-order valence-electron chi connectivity index (χ4n) is 3.00. The third-order valence-electron chi connectivity index (χ3n) is 4.48. The molecule has 1 saturated heterocycles. The van der Waals surface area contributed by atoms with E-state index in [9.17, 15) is 24.5 Å². The van der Waals surface area contributed by atoms with Crippen LogP contribution in [0.25, 0.3) is 6.08 Å². The molecule has 2 amide bonds. The van der Waals surface area contributed by atoms with Gasteiger partial charge in [0.15, 0.2) is 0 Å². The third kappa shape index (κ3) is 4.44. The lowest BCUT2D eigenvalue weighted by atomic mass is 10.1. The van der Waals surface area contributed by atoms with Crippen molar-refractivity contribution in [3.05, 3.63) is 98.8 Å². The maximum absolute atomic E-state index is 12.8. The Kier molecular flexibility index (Phi) is 5.86. The number of carbonyl (C=O) groups is 3. The van der Waals surface area contributed by atoms with E-state index in [0.29, 0.717) is 5.56 Å². The number of nitro benzene ring substituents is 1. The van der Waals surface area contributed by atoms with E-state index in [-0.39, 0.29) is 34.2 Å². The number of carbonyl (C=O) groups excluding carboxylic acids is 3. The quantitative estimate of drug-likeness (QED) is 0.175. The molecule has 0 saturated carbocycles. The van der Waals surface area contributed by atoms with Gasteiger partial charge in [-0.15, -0.1) is 0 Å². The number of nitro groups is 1. The van der Waals surface area contributed by atoms with E-state index in [1.54, 1.807) is 30.3 Å². The summed E-state index contributed by atoms with van der Waals surface area (Å²) in [4.78, 5) is 49.0. The number of esters is 1. The van der Waals surface area contributed by atoms with E-state index in [1.807, 2.05) is 0 Å². The van der Waals surface area contributed by atoms with E-state index in [2.05, 4.69) is 0 Å². The van der Waals surface area contributed by atoms with Crippen LogP contribution in [0.1, 0.15) is 21.7 Å². The number of hydrogen-bond donors (Lipinski definition) is 0. The standard InChI is InChI=1S/C22H14N2O7S/c25-20-19(32-22(27)23(20)13-15-6-1-2-8-17(15)24(28)29)12-14-5-3-7-16(11-14)31-21(26)18-9-4-10-30-18/h1-12H,13H2/b19-12-. The first kappa shape index (κ1) is 21.1. The molecule has 4 rings (SSSR count). The molecular formula is C22H14N2O7S. The number of rotatable bonds is 6. The molecular weight excluding hydrogens is 436 g/mol. The van der Waals surface area contributed by atoms with Crippen LogP contribution in [-0.2, 0) is 11.3 Å². The van der Waals surface area contributed by atoms with Crippen LogP contribution in [0.3, 0.4) is 0 Å². The van der Waals surface area contributed by atoms with Gasteiger partial charge in [0, 0.05) is 11.6 Å². The van der Waals surface area contributed by atoms with Gasteiger partial charge in [-0.25, -0.2) is 4.79 Å². The molecule has 0 spiro atoms. The molecule has 2 aromatic carbocycles. The summed E-state index contributed by atoms with van der Waals surface area (Å²) in [6.45, 7) is -0.208. The summed E-state index contributed by atoms with van der Waals surface area (Å²) < 4.78 is 10.2. The summed E-state index contributed by atoms with van der Waals surface area (Å²) in [7, 11) is 0. The Morgan fingerprint density at radius 1 is 1.12 bits per heavy atom. The second kappa shape index (κ2) is 8.90. The average molecular weight is 450 g/mol. The van der Waals surface area contributed by atoms with E-state index in [1.165, 1.54) is 42.7 Å². The maximum Gasteiger partial charge on any atom is 0.379 e. The number of benzene rings is 2. The Labute approximate surface area is 185 Å². The maximum atomic E-state index is 12.8. The molecule has 0 radical (unpaired) electrons. The predicted octanol–water partition coefficient (Wildman–Crippen LogP) is 4.64. The zero-order chi connectivity index (χ0) is 22.7. The van der Waals surface area contributed by atoms with Crippen molar-refractivity contribution in [2.75, 3.05) is 0 Å². The largest absolute Gasteiger partial charge is 0.457 e. The Bertz CT molecular complexity index is 1250. The van der Waals surface area contributed by atoms with Gasteiger partial charge in [-0.05, 0) is 47.7 Å². The van der Waals surface area contributed by atoms with Gasteiger partial charge in [-0.2, -0.15) is 0 Å². The van der Waals surface area contributed by atoms with Crippen molar-refractivity contribution in [2.24, 2.45) is 0 Å². The van der Waals surface area contributed by atoms with Crippen LogP contribution in [-0.4, -0.2) is 26.9 Å². The topological polar surface area (TPSA) is 120 Å². The van der Waals surface area contributed by atoms with Gasteiger partial charge in [-0.1, -0.05) is 30.3 Å². The lowest BCUT2D eigenvalue weighted by Gasteiger charge is -2.12. The predicted molar refractivity (Wildman–Crippen MR) is 115 cm³/mol.